The van der Waals surface area contributed by atoms with Gasteiger partial charge in [-0.2, -0.15) is 13.2 Å². The molecule has 2 nitrogen and oxygen atoms in total. The predicted molar refractivity (Wildman–Crippen MR) is 63.9 cm³/mol. The molecule has 0 saturated carbocycles. The van der Waals surface area contributed by atoms with Crippen LogP contribution in [0.4, 0.5) is 13.2 Å². The highest BCUT2D eigenvalue weighted by atomic mass is 19.4. The lowest BCUT2D eigenvalue weighted by atomic mass is 10.1. The molecule has 0 aliphatic carbocycles. The number of benzene rings is 1. The molecular formula is C14H11F3O2. The van der Waals surface area contributed by atoms with Gasteiger partial charge in [0.05, 0.1) is 11.1 Å². The Balaban J connectivity index is 2.37. The summed E-state index contributed by atoms with van der Waals surface area (Å²) in [4.78, 5) is 10.8. The summed E-state index contributed by atoms with van der Waals surface area (Å²) in [7, 11) is 0. The van der Waals surface area contributed by atoms with Crippen molar-refractivity contribution in [3.63, 3.8) is 0 Å². The van der Waals surface area contributed by atoms with Gasteiger partial charge in [-0.05, 0) is 18.2 Å². The highest BCUT2D eigenvalue weighted by Gasteiger charge is 2.30. The molecule has 0 spiro atoms. The number of carbonyl (C=O) groups is 1. The second-order valence-electron chi connectivity index (χ2n) is 4.04. The highest BCUT2D eigenvalue weighted by molar-refractivity contribution is 5.79. The Morgan fingerprint density at radius 2 is 1.84 bits per heavy atom. The van der Waals surface area contributed by atoms with Gasteiger partial charge in [0.15, 0.2) is 6.29 Å². The summed E-state index contributed by atoms with van der Waals surface area (Å²) in [6.45, 7) is 1.84. The molecule has 0 atom stereocenters. The van der Waals surface area contributed by atoms with Crippen LogP contribution in [-0.4, -0.2) is 6.29 Å². The molecule has 0 saturated heterocycles. The first-order chi connectivity index (χ1) is 8.95. The van der Waals surface area contributed by atoms with Crippen molar-refractivity contribution in [3.05, 3.63) is 47.2 Å². The Hall–Kier alpha value is -2.04. The van der Waals surface area contributed by atoms with Gasteiger partial charge in [-0.25, -0.2) is 0 Å². The fourth-order valence-corrected chi connectivity index (χ4v) is 1.78. The molecule has 1 aromatic carbocycles. The Labute approximate surface area is 107 Å². The normalized spacial score (nSPS) is 11.6. The molecule has 0 unspecified atom stereocenters. The lowest BCUT2D eigenvalue weighted by Crippen LogP contribution is -2.03. The monoisotopic (exact) mass is 268 g/mol. The molecule has 0 N–H and O–H groups in total. The van der Waals surface area contributed by atoms with Gasteiger partial charge < -0.3 is 4.42 Å². The van der Waals surface area contributed by atoms with Crippen LogP contribution in [-0.2, 0) is 12.6 Å². The molecule has 100 valence electrons. The van der Waals surface area contributed by atoms with Crippen LogP contribution in [0.25, 0.3) is 11.3 Å². The van der Waals surface area contributed by atoms with Crippen LogP contribution in [0, 0.1) is 0 Å². The number of aryl methyl sites for hydroxylation is 1. The molecule has 1 heterocycles. The Kier molecular flexibility index (Phi) is 3.46. The number of carbonyl (C=O) groups excluding carboxylic acids is 1. The molecule has 2 rings (SSSR count). The van der Waals surface area contributed by atoms with Gasteiger partial charge in [0.2, 0.25) is 0 Å². The average molecular weight is 268 g/mol. The maximum atomic E-state index is 12.4. The third-order valence-corrected chi connectivity index (χ3v) is 2.79. The van der Waals surface area contributed by atoms with Crippen LogP contribution in [0.2, 0.25) is 0 Å². The van der Waals surface area contributed by atoms with E-state index in [0.717, 1.165) is 12.1 Å². The number of halogens is 3. The van der Waals surface area contributed by atoms with E-state index in [1.54, 1.807) is 0 Å². The van der Waals surface area contributed by atoms with Gasteiger partial charge in [0, 0.05) is 12.0 Å². The minimum absolute atomic E-state index is 0.396. The summed E-state index contributed by atoms with van der Waals surface area (Å²) >= 11 is 0. The number of alkyl halides is 3. The Morgan fingerprint density at radius 3 is 2.26 bits per heavy atom. The first-order valence-corrected chi connectivity index (χ1v) is 5.71. The molecule has 1 aromatic heterocycles. The maximum absolute atomic E-state index is 12.4. The number of aldehydes is 1. The highest BCUT2D eigenvalue weighted by Crippen LogP contribution is 2.32. The zero-order chi connectivity index (χ0) is 14.0. The summed E-state index contributed by atoms with van der Waals surface area (Å²) in [5, 5.41) is 0. The fraction of sp³-hybridized carbons (Fsp3) is 0.214. The van der Waals surface area contributed by atoms with Crippen LogP contribution in [0.15, 0.2) is 34.7 Å². The van der Waals surface area contributed by atoms with Crippen LogP contribution in [0.5, 0.6) is 0 Å². The topological polar surface area (TPSA) is 30.2 Å². The number of furan rings is 1. The van der Waals surface area contributed by atoms with Crippen molar-refractivity contribution in [2.45, 2.75) is 19.5 Å². The van der Waals surface area contributed by atoms with E-state index in [1.807, 2.05) is 6.92 Å². The molecule has 0 bridgehead atoms. The third-order valence-electron chi connectivity index (χ3n) is 2.79. The molecule has 19 heavy (non-hydrogen) atoms. The number of hydrogen-bond donors (Lipinski definition) is 0. The summed E-state index contributed by atoms with van der Waals surface area (Å²) in [5.41, 5.74) is 0.224. The van der Waals surface area contributed by atoms with E-state index in [4.69, 9.17) is 4.42 Å². The summed E-state index contributed by atoms with van der Waals surface area (Å²) in [6.07, 6.45) is -3.13. The molecular weight excluding hydrogens is 257 g/mol. The smallest absolute Gasteiger partial charge is 0.416 e. The summed E-state index contributed by atoms with van der Waals surface area (Å²) < 4.78 is 42.7. The quantitative estimate of drug-likeness (QED) is 0.775. The predicted octanol–water partition coefficient (Wildman–Crippen LogP) is 4.34. The SMILES string of the molecule is CCc1oc(-c2ccc(C(F)(F)F)cc2)cc1C=O. The van der Waals surface area contributed by atoms with E-state index in [9.17, 15) is 18.0 Å². The number of rotatable bonds is 3. The molecule has 0 aliphatic rings. The van der Waals surface area contributed by atoms with Crippen molar-refractivity contribution in [1.82, 2.24) is 0 Å². The first-order valence-electron chi connectivity index (χ1n) is 5.71. The molecule has 0 fully saturated rings. The van der Waals surface area contributed by atoms with Crippen molar-refractivity contribution < 1.29 is 22.4 Å². The van der Waals surface area contributed by atoms with Gasteiger partial charge in [0.25, 0.3) is 0 Å². The average Bonchev–Trinajstić information content (AvgIpc) is 2.81. The maximum Gasteiger partial charge on any atom is 0.416 e. The van der Waals surface area contributed by atoms with Crippen molar-refractivity contribution >= 4 is 6.29 Å². The second kappa shape index (κ2) is 4.91. The molecule has 5 heteroatoms. The third kappa shape index (κ3) is 2.70. The lowest BCUT2D eigenvalue weighted by Gasteiger charge is -2.06. The van der Waals surface area contributed by atoms with E-state index in [1.165, 1.54) is 18.2 Å². The van der Waals surface area contributed by atoms with Gasteiger partial charge in [0.1, 0.15) is 11.5 Å². The second-order valence-corrected chi connectivity index (χ2v) is 4.04. The largest absolute Gasteiger partial charge is 0.460 e. The Morgan fingerprint density at radius 1 is 1.21 bits per heavy atom. The van der Waals surface area contributed by atoms with Gasteiger partial charge in [-0.1, -0.05) is 19.1 Å². The van der Waals surface area contributed by atoms with Crippen LogP contribution in [0.1, 0.15) is 28.6 Å². The minimum Gasteiger partial charge on any atom is -0.460 e. The van der Waals surface area contributed by atoms with E-state index >= 15 is 0 Å². The van der Waals surface area contributed by atoms with Crippen molar-refractivity contribution in [1.29, 1.82) is 0 Å². The Bertz CT molecular complexity index is 580. The minimum atomic E-state index is -4.36. The van der Waals surface area contributed by atoms with E-state index in [-0.39, 0.29) is 0 Å². The summed E-state index contributed by atoms with van der Waals surface area (Å²) in [5.74, 6) is 0.928. The lowest BCUT2D eigenvalue weighted by molar-refractivity contribution is -0.137. The van der Waals surface area contributed by atoms with Gasteiger partial charge >= 0.3 is 6.18 Å². The van der Waals surface area contributed by atoms with Gasteiger partial charge in [-0.3, -0.25) is 4.79 Å². The van der Waals surface area contributed by atoms with Crippen LogP contribution < -0.4 is 0 Å². The standard InChI is InChI=1S/C14H11F3O2/c1-2-12-10(8-18)7-13(19-12)9-3-5-11(6-4-9)14(15,16)17/h3-8H,2H2,1H3. The first kappa shape index (κ1) is 13.4. The molecule has 0 amide bonds. The van der Waals surface area contributed by atoms with Crippen molar-refractivity contribution in [2.24, 2.45) is 0 Å². The van der Waals surface area contributed by atoms with Crippen molar-refractivity contribution in [2.75, 3.05) is 0 Å². The van der Waals surface area contributed by atoms with Crippen LogP contribution >= 0.6 is 0 Å². The van der Waals surface area contributed by atoms with Crippen LogP contribution in [0.3, 0.4) is 0 Å². The summed E-state index contributed by atoms with van der Waals surface area (Å²) in [6, 6.07) is 6.17. The number of hydrogen-bond acceptors (Lipinski definition) is 2. The molecule has 0 aliphatic heterocycles. The molecule has 2 aromatic rings. The van der Waals surface area contributed by atoms with Gasteiger partial charge in [-0.15, -0.1) is 0 Å². The van der Waals surface area contributed by atoms with E-state index in [2.05, 4.69) is 0 Å². The van der Waals surface area contributed by atoms with E-state index in [0.29, 0.717) is 35.4 Å². The van der Waals surface area contributed by atoms with E-state index < -0.39 is 11.7 Å². The zero-order valence-corrected chi connectivity index (χ0v) is 10.1. The molecule has 0 radical (unpaired) electrons. The fourth-order valence-electron chi connectivity index (χ4n) is 1.78. The van der Waals surface area contributed by atoms with Crippen molar-refractivity contribution in [3.8, 4) is 11.3 Å². The zero-order valence-electron chi connectivity index (χ0n) is 10.1.